The maximum Gasteiger partial charge on any atom is 0.337 e. The first-order valence-corrected chi connectivity index (χ1v) is 7.15. The highest BCUT2D eigenvalue weighted by atomic mass is 16.5. The first kappa shape index (κ1) is 16.2. The van der Waals surface area contributed by atoms with Crippen molar-refractivity contribution in [3.8, 4) is 0 Å². The molecule has 1 aliphatic heterocycles. The third kappa shape index (κ3) is 3.01. The summed E-state index contributed by atoms with van der Waals surface area (Å²) in [4.78, 5) is 37.5. The molecule has 2 rings (SSSR count). The summed E-state index contributed by atoms with van der Waals surface area (Å²) in [6.45, 7) is 1.46. The molecule has 1 aliphatic rings. The zero-order valence-electron chi connectivity index (χ0n) is 12.7. The Morgan fingerprint density at radius 3 is 2.73 bits per heavy atom. The van der Waals surface area contributed by atoms with Crippen LogP contribution in [0.25, 0.3) is 0 Å². The van der Waals surface area contributed by atoms with Gasteiger partial charge in [-0.2, -0.15) is 0 Å². The maximum absolute atomic E-state index is 12.3. The van der Waals surface area contributed by atoms with E-state index >= 15 is 0 Å². The molecule has 1 atom stereocenters. The Bertz CT molecular complexity index is 611. The number of rotatable bonds is 4. The Morgan fingerprint density at radius 1 is 1.41 bits per heavy atom. The van der Waals surface area contributed by atoms with Gasteiger partial charge in [-0.1, -0.05) is 0 Å². The van der Waals surface area contributed by atoms with Crippen molar-refractivity contribution in [2.45, 2.75) is 32.2 Å². The summed E-state index contributed by atoms with van der Waals surface area (Å²) < 4.78 is 4.65. The molecule has 1 aromatic rings. The highest BCUT2D eigenvalue weighted by Gasteiger charge is 2.33. The van der Waals surface area contributed by atoms with E-state index in [9.17, 15) is 14.4 Å². The van der Waals surface area contributed by atoms with Crippen molar-refractivity contribution in [2.24, 2.45) is 0 Å². The lowest BCUT2D eigenvalue weighted by atomic mass is 9.90. The molecular weight excluding hydrogens is 286 g/mol. The summed E-state index contributed by atoms with van der Waals surface area (Å²) in [6.07, 6.45) is 1.27. The van der Waals surface area contributed by atoms with Gasteiger partial charge >= 0.3 is 5.97 Å². The van der Waals surface area contributed by atoms with Crippen LogP contribution >= 0.6 is 0 Å². The standard InChI is InChI=1S/C16H19NO5/c1-10(19)17-12(4-3-7-18)9-15(20)13-8-11(16(21)22-2)5-6-14(13)17/h5-6,8,12,18H,3-4,7,9H2,1-2H3/t12-/m0/s1. The summed E-state index contributed by atoms with van der Waals surface area (Å²) in [7, 11) is 1.27. The second-order valence-electron chi connectivity index (χ2n) is 5.26. The lowest BCUT2D eigenvalue weighted by molar-refractivity contribution is -0.117. The van der Waals surface area contributed by atoms with E-state index in [2.05, 4.69) is 4.74 Å². The molecular formula is C16H19NO5. The van der Waals surface area contributed by atoms with Crippen LogP contribution in [0.3, 0.4) is 0 Å². The number of benzene rings is 1. The highest BCUT2D eigenvalue weighted by Crippen LogP contribution is 2.33. The third-order valence-corrected chi connectivity index (χ3v) is 3.80. The smallest absolute Gasteiger partial charge is 0.337 e. The lowest BCUT2D eigenvalue weighted by Crippen LogP contribution is -2.44. The second kappa shape index (κ2) is 6.70. The van der Waals surface area contributed by atoms with Crippen molar-refractivity contribution >= 4 is 23.3 Å². The van der Waals surface area contributed by atoms with Gasteiger partial charge < -0.3 is 14.7 Å². The summed E-state index contributed by atoms with van der Waals surface area (Å²) in [6, 6.07) is 4.37. The maximum atomic E-state index is 12.3. The summed E-state index contributed by atoms with van der Waals surface area (Å²) in [5, 5.41) is 8.97. The summed E-state index contributed by atoms with van der Waals surface area (Å²) in [5.41, 5.74) is 1.16. The monoisotopic (exact) mass is 305 g/mol. The average Bonchev–Trinajstić information content (AvgIpc) is 2.51. The number of esters is 1. The average molecular weight is 305 g/mol. The van der Waals surface area contributed by atoms with Gasteiger partial charge in [-0.15, -0.1) is 0 Å². The number of hydrogen-bond donors (Lipinski definition) is 1. The fourth-order valence-electron chi connectivity index (χ4n) is 2.81. The molecule has 0 bridgehead atoms. The van der Waals surface area contributed by atoms with Crippen LogP contribution in [0.2, 0.25) is 0 Å². The number of amides is 1. The fourth-order valence-corrected chi connectivity index (χ4v) is 2.81. The Balaban J connectivity index is 2.43. The second-order valence-corrected chi connectivity index (χ2v) is 5.26. The van der Waals surface area contributed by atoms with E-state index < -0.39 is 5.97 Å². The molecule has 0 unspecified atom stereocenters. The van der Waals surface area contributed by atoms with Crippen molar-refractivity contribution in [1.82, 2.24) is 0 Å². The van der Waals surface area contributed by atoms with Crippen molar-refractivity contribution < 1.29 is 24.2 Å². The van der Waals surface area contributed by atoms with E-state index in [1.807, 2.05) is 0 Å². The van der Waals surface area contributed by atoms with Gasteiger partial charge in [0.1, 0.15) is 0 Å². The fraction of sp³-hybridized carbons (Fsp3) is 0.438. The predicted molar refractivity (Wildman–Crippen MR) is 80.0 cm³/mol. The zero-order valence-corrected chi connectivity index (χ0v) is 12.7. The lowest BCUT2D eigenvalue weighted by Gasteiger charge is -2.36. The quantitative estimate of drug-likeness (QED) is 0.853. The molecule has 0 spiro atoms. The number of carbonyl (C=O) groups is 3. The van der Waals surface area contributed by atoms with Crippen molar-refractivity contribution in [3.05, 3.63) is 29.3 Å². The van der Waals surface area contributed by atoms with Crippen LogP contribution in [-0.4, -0.2) is 42.5 Å². The van der Waals surface area contributed by atoms with E-state index in [0.717, 1.165) is 0 Å². The van der Waals surface area contributed by atoms with Crippen molar-refractivity contribution in [2.75, 3.05) is 18.6 Å². The zero-order chi connectivity index (χ0) is 16.3. The first-order chi connectivity index (χ1) is 10.5. The number of ether oxygens (including phenoxy) is 1. The van der Waals surface area contributed by atoms with E-state index in [1.165, 1.54) is 20.1 Å². The van der Waals surface area contributed by atoms with Crippen LogP contribution in [0.4, 0.5) is 5.69 Å². The largest absolute Gasteiger partial charge is 0.465 e. The van der Waals surface area contributed by atoms with Crippen LogP contribution in [-0.2, 0) is 9.53 Å². The number of ketones is 1. The Kier molecular flexibility index (Phi) is 4.92. The number of nitrogens with zero attached hydrogens (tertiary/aromatic N) is 1. The molecule has 1 N–H and O–H groups in total. The minimum atomic E-state index is -0.521. The first-order valence-electron chi connectivity index (χ1n) is 7.15. The summed E-state index contributed by atoms with van der Waals surface area (Å²) in [5.74, 6) is -0.795. The molecule has 1 aromatic carbocycles. The van der Waals surface area contributed by atoms with Gasteiger partial charge in [0, 0.05) is 31.6 Å². The van der Waals surface area contributed by atoms with E-state index in [0.29, 0.717) is 24.1 Å². The Labute approximate surface area is 128 Å². The SMILES string of the molecule is COC(=O)c1ccc2c(c1)C(=O)C[C@H](CCCO)N2C(C)=O. The number of aliphatic hydroxyl groups excluding tert-OH is 1. The Morgan fingerprint density at radius 2 is 2.14 bits per heavy atom. The molecule has 0 saturated heterocycles. The third-order valence-electron chi connectivity index (χ3n) is 3.80. The van der Waals surface area contributed by atoms with Crippen LogP contribution in [0.5, 0.6) is 0 Å². The Hall–Kier alpha value is -2.21. The van der Waals surface area contributed by atoms with Gasteiger partial charge in [0.05, 0.1) is 18.4 Å². The molecule has 0 saturated carbocycles. The normalized spacial score (nSPS) is 17.1. The number of methoxy groups -OCH3 is 1. The highest BCUT2D eigenvalue weighted by molar-refractivity contribution is 6.10. The topological polar surface area (TPSA) is 83.9 Å². The molecule has 22 heavy (non-hydrogen) atoms. The van der Waals surface area contributed by atoms with E-state index in [4.69, 9.17) is 5.11 Å². The number of fused-ring (bicyclic) bond motifs is 1. The molecule has 1 amide bonds. The van der Waals surface area contributed by atoms with Gasteiger partial charge in [0.15, 0.2) is 5.78 Å². The molecule has 1 heterocycles. The van der Waals surface area contributed by atoms with Gasteiger partial charge in [-0.25, -0.2) is 4.79 Å². The molecule has 0 fully saturated rings. The van der Waals surface area contributed by atoms with Crippen LogP contribution < -0.4 is 4.90 Å². The van der Waals surface area contributed by atoms with Gasteiger partial charge in [-0.05, 0) is 31.0 Å². The number of carbonyl (C=O) groups excluding carboxylic acids is 3. The van der Waals surface area contributed by atoms with Crippen molar-refractivity contribution in [3.63, 3.8) is 0 Å². The summed E-state index contributed by atoms with van der Waals surface area (Å²) >= 11 is 0. The van der Waals surface area contributed by atoms with Gasteiger partial charge in [0.25, 0.3) is 0 Å². The number of hydrogen-bond acceptors (Lipinski definition) is 5. The number of anilines is 1. The van der Waals surface area contributed by atoms with E-state index in [1.54, 1.807) is 17.0 Å². The predicted octanol–water partition coefficient (Wildman–Crippen LogP) is 1.55. The van der Waals surface area contributed by atoms with Crippen LogP contribution in [0.15, 0.2) is 18.2 Å². The minimum Gasteiger partial charge on any atom is -0.465 e. The molecule has 0 aromatic heterocycles. The van der Waals surface area contributed by atoms with Crippen LogP contribution in [0, 0.1) is 0 Å². The molecule has 0 radical (unpaired) electrons. The number of aliphatic hydroxyl groups is 1. The number of Topliss-reactive ketones (excluding diaryl/α,β-unsaturated/α-hetero) is 1. The van der Waals surface area contributed by atoms with Gasteiger partial charge in [-0.3, -0.25) is 9.59 Å². The molecule has 0 aliphatic carbocycles. The minimum absolute atomic E-state index is 0.0184. The van der Waals surface area contributed by atoms with Crippen LogP contribution in [0.1, 0.15) is 46.9 Å². The van der Waals surface area contributed by atoms with E-state index in [-0.39, 0.29) is 36.3 Å². The molecule has 6 heteroatoms. The van der Waals surface area contributed by atoms with Crippen molar-refractivity contribution in [1.29, 1.82) is 0 Å². The van der Waals surface area contributed by atoms with Gasteiger partial charge in [0.2, 0.25) is 5.91 Å². The molecule has 118 valence electrons. The molecule has 6 nitrogen and oxygen atoms in total.